The zero-order chi connectivity index (χ0) is 11.0. The molecular formula is C9H10N4O. The standard InChI is InChI=1S/C9H10N4O/c1-2-3-8(12)9(14)13(6-4-10)7-5-11/h1,8H,3,6-7,12H2. The number of nitriles is 2. The van der Waals surface area contributed by atoms with Crippen LogP contribution in [0.4, 0.5) is 0 Å². The molecule has 1 atom stereocenters. The van der Waals surface area contributed by atoms with Gasteiger partial charge in [-0.25, -0.2) is 0 Å². The van der Waals surface area contributed by atoms with Gasteiger partial charge in [-0.15, -0.1) is 12.3 Å². The third-order valence-corrected chi connectivity index (χ3v) is 1.49. The Morgan fingerprint density at radius 3 is 2.29 bits per heavy atom. The van der Waals surface area contributed by atoms with Gasteiger partial charge in [-0.05, 0) is 0 Å². The van der Waals surface area contributed by atoms with E-state index in [2.05, 4.69) is 5.92 Å². The molecule has 0 spiro atoms. The van der Waals surface area contributed by atoms with Crippen LogP contribution in [-0.2, 0) is 4.79 Å². The van der Waals surface area contributed by atoms with Gasteiger partial charge in [0.05, 0.1) is 18.2 Å². The predicted octanol–water partition coefficient (Wildman–Crippen LogP) is -0.787. The van der Waals surface area contributed by atoms with E-state index in [-0.39, 0.29) is 19.5 Å². The molecular weight excluding hydrogens is 180 g/mol. The van der Waals surface area contributed by atoms with Crippen molar-refractivity contribution in [2.75, 3.05) is 13.1 Å². The lowest BCUT2D eigenvalue weighted by molar-refractivity contribution is -0.131. The number of carbonyl (C=O) groups is 1. The molecule has 0 aromatic rings. The number of rotatable bonds is 4. The SMILES string of the molecule is C#CCC(N)C(=O)N(CC#N)CC#N. The average Bonchev–Trinajstić information content (AvgIpc) is 2.17. The Kier molecular flexibility index (Phi) is 5.54. The lowest BCUT2D eigenvalue weighted by Gasteiger charge is -2.18. The van der Waals surface area contributed by atoms with Gasteiger partial charge in [-0.3, -0.25) is 4.79 Å². The third-order valence-electron chi connectivity index (χ3n) is 1.49. The molecule has 5 nitrogen and oxygen atoms in total. The number of hydrogen-bond donors (Lipinski definition) is 1. The molecule has 0 aliphatic heterocycles. The lowest BCUT2D eigenvalue weighted by Crippen LogP contribution is -2.43. The van der Waals surface area contributed by atoms with Crippen LogP contribution in [0.2, 0.25) is 0 Å². The number of nitrogens with two attached hydrogens (primary N) is 1. The number of amides is 1. The molecule has 0 saturated carbocycles. The van der Waals surface area contributed by atoms with Crippen LogP contribution in [0.15, 0.2) is 0 Å². The minimum absolute atomic E-state index is 0.103. The van der Waals surface area contributed by atoms with Crippen LogP contribution in [0.25, 0.3) is 0 Å². The molecule has 2 N–H and O–H groups in total. The Bertz CT molecular complexity index is 301. The van der Waals surface area contributed by atoms with E-state index in [4.69, 9.17) is 22.7 Å². The van der Waals surface area contributed by atoms with E-state index in [0.717, 1.165) is 4.90 Å². The first-order valence-corrected chi connectivity index (χ1v) is 3.89. The predicted molar refractivity (Wildman–Crippen MR) is 49.2 cm³/mol. The summed E-state index contributed by atoms with van der Waals surface area (Å²) in [5.74, 6) is 1.78. The largest absolute Gasteiger partial charge is 0.319 e. The van der Waals surface area contributed by atoms with E-state index in [0.29, 0.717) is 0 Å². The second-order valence-electron chi connectivity index (χ2n) is 2.53. The molecule has 0 saturated heterocycles. The van der Waals surface area contributed by atoms with Gasteiger partial charge >= 0.3 is 0 Å². The van der Waals surface area contributed by atoms with Gasteiger partial charge in [0.15, 0.2) is 0 Å². The van der Waals surface area contributed by atoms with Crippen LogP contribution in [-0.4, -0.2) is 29.9 Å². The quantitative estimate of drug-likeness (QED) is 0.464. The molecule has 0 aromatic carbocycles. The normalized spacial score (nSPS) is 10.4. The molecule has 0 aliphatic rings. The van der Waals surface area contributed by atoms with Crippen molar-refractivity contribution in [1.82, 2.24) is 4.90 Å². The van der Waals surface area contributed by atoms with E-state index in [1.807, 2.05) is 0 Å². The Balaban J connectivity index is 4.39. The van der Waals surface area contributed by atoms with Gasteiger partial charge in [-0.1, -0.05) is 0 Å². The van der Waals surface area contributed by atoms with Crippen molar-refractivity contribution < 1.29 is 4.79 Å². The summed E-state index contributed by atoms with van der Waals surface area (Å²) in [4.78, 5) is 12.5. The van der Waals surface area contributed by atoms with Crippen molar-refractivity contribution in [3.8, 4) is 24.5 Å². The van der Waals surface area contributed by atoms with Gasteiger partial charge in [0.25, 0.3) is 0 Å². The van der Waals surface area contributed by atoms with Crippen molar-refractivity contribution in [3.05, 3.63) is 0 Å². The van der Waals surface area contributed by atoms with Gasteiger partial charge in [-0.2, -0.15) is 10.5 Å². The summed E-state index contributed by atoms with van der Waals surface area (Å²) in [5, 5.41) is 16.8. The van der Waals surface area contributed by atoms with Gasteiger partial charge in [0.2, 0.25) is 5.91 Å². The molecule has 0 radical (unpaired) electrons. The summed E-state index contributed by atoms with van der Waals surface area (Å²) in [7, 11) is 0. The molecule has 0 aromatic heterocycles. The minimum atomic E-state index is -0.832. The van der Waals surface area contributed by atoms with Crippen molar-refractivity contribution in [3.63, 3.8) is 0 Å². The molecule has 5 heteroatoms. The Morgan fingerprint density at radius 1 is 1.43 bits per heavy atom. The minimum Gasteiger partial charge on any atom is -0.319 e. The molecule has 1 unspecified atom stereocenters. The van der Waals surface area contributed by atoms with Crippen LogP contribution in [0, 0.1) is 35.0 Å². The van der Waals surface area contributed by atoms with Crippen molar-refractivity contribution in [2.45, 2.75) is 12.5 Å². The second-order valence-corrected chi connectivity index (χ2v) is 2.53. The average molecular weight is 190 g/mol. The molecule has 0 fully saturated rings. The van der Waals surface area contributed by atoms with Crippen molar-refractivity contribution in [2.24, 2.45) is 5.73 Å². The highest BCUT2D eigenvalue weighted by molar-refractivity contribution is 5.82. The first-order chi connectivity index (χ1) is 6.67. The number of carbonyl (C=O) groups excluding carboxylic acids is 1. The van der Waals surface area contributed by atoms with Crippen LogP contribution < -0.4 is 5.73 Å². The molecule has 0 bridgehead atoms. The lowest BCUT2D eigenvalue weighted by atomic mass is 10.2. The van der Waals surface area contributed by atoms with E-state index in [1.165, 1.54) is 0 Å². The fourth-order valence-corrected chi connectivity index (χ4v) is 0.831. The Labute approximate surface area is 82.7 Å². The monoisotopic (exact) mass is 190 g/mol. The number of terminal acetylenes is 1. The maximum absolute atomic E-state index is 11.4. The summed E-state index contributed by atoms with van der Waals surface area (Å²) in [6.07, 6.45) is 5.09. The first kappa shape index (κ1) is 12.0. The summed E-state index contributed by atoms with van der Waals surface area (Å²) in [6, 6.07) is 2.72. The zero-order valence-corrected chi connectivity index (χ0v) is 7.60. The molecule has 1 amide bonds. The summed E-state index contributed by atoms with van der Waals surface area (Å²) in [5.41, 5.74) is 5.44. The Morgan fingerprint density at radius 2 is 1.93 bits per heavy atom. The highest BCUT2D eigenvalue weighted by Crippen LogP contribution is 1.95. The molecule has 0 rings (SSSR count). The molecule has 72 valence electrons. The summed E-state index contributed by atoms with van der Waals surface area (Å²) < 4.78 is 0. The van der Waals surface area contributed by atoms with Gasteiger partial charge in [0.1, 0.15) is 13.1 Å². The molecule has 0 heterocycles. The Hall–Kier alpha value is -2.03. The van der Waals surface area contributed by atoms with Gasteiger partial charge in [0, 0.05) is 6.42 Å². The highest BCUT2D eigenvalue weighted by atomic mass is 16.2. The van der Waals surface area contributed by atoms with Crippen molar-refractivity contribution >= 4 is 5.91 Å². The van der Waals surface area contributed by atoms with E-state index in [9.17, 15) is 4.79 Å². The van der Waals surface area contributed by atoms with Crippen LogP contribution >= 0.6 is 0 Å². The highest BCUT2D eigenvalue weighted by Gasteiger charge is 2.19. The zero-order valence-electron chi connectivity index (χ0n) is 7.60. The van der Waals surface area contributed by atoms with Crippen LogP contribution in [0.3, 0.4) is 0 Å². The van der Waals surface area contributed by atoms with E-state index in [1.54, 1.807) is 12.1 Å². The maximum atomic E-state index is 11.4. The topological polar surface area (TPSA) is 93.9 Å². The fraction of sp³-hybridized carbons (Fsp3) is 0.444. The third kappa shape index (κ3) is 3.58. The van der Waals surface area contributed by atoms with Crippen LogP contribution in [0.5, 0.6) is 0 Å². The number of hydrogen-bond acceptors (Lipinski definition) is 4. The summed E-state index contributed by atoms with van der Waals surface area (Å²) in [6.45, 7) is -0.296. The van der Waals surface area contributed by atoms with E-state index >= 15 is 0 Å². The van der Waals surface area contributed by atoms with Crippen LogP contribution in [0.1, 0.15) is 6.42 Å². The fourth-order valence-electron chi connectivity index (χ4n) is 0.831. The second kappa shape index (κ2) is 6.48. The summed E-state index contributed by atoms with van der Waals surface area (Å²) >= 11 is 0. The smallest absolute Gasteiger partial charge is 0.242 e. The molecule has 0 aliphatic carbocycles. The van der Waals surface area contributed by atoms with Gasteiger partial charge < -0.3 is 10.6 Å². The maximum Gasteiger partial charge on any atom is 0.242 e. The first-order valence-electron chi connectivity index (χ1n) is 3.89. The van der Waals surface area contributed by atoms with E-state index < -0.39 is 11.9 Å². The molecule has 14 heavy (non-hydrogen) atoms. The van der Waals surface area contributed by atoms with Crippen molar-refractivity contribution in [1.29, 1.82) is 10.5 Å². The number of nitrogens with zero attached hydrogens (tertiary/aromatic N) is 3.